The number of nitrogens with zero attached hydrogens (tertiary/aromatic N) is 1. The Morgan fingerprint density at radius 1 is 1.47 bits per heavy atom. The predicted octanol–water partition coefficient (Wildman–Crippen LogP) is 1.36. The zero-order valence-corrected chi connectivity index (χ0v) is 10.9. The Kier molecular flexibility index (Phi) is 3.64. The minimum Gasteiger partial charge on any atom is -0.480 e. The molecule has 1 fully saturated rings. The number of hydrogen-bond donors (Lipinski definition) is 3. The van der Waals surface area contributed by atoms with Crippen LogP contribution in [0.25, 0.3) is 0 Å². The molecule has 1 saturated heterocycles. The summed E-state index contributed by atoms with van der Waals surface area (Å²) in [6, 6.07) is 6.35. The molecule has 0 radical (unpaired) electrons. The van der Waals surface area contributed by atoms with E-state index in [-0.39, 0.29) is 19.0 Å². The molecule has 0 bridgehead atoms. The number of nitrogens with two attached hydrogens (primary N) is 1. The topological polar surface area (TPSA) is 95.7 Å². The number of halogens is 1. The first-order valence-electron chi connectivity index (χ1n) is 5.74. The van der Waals surface area contributed by atoms with E-state index < -0.39 is 11.5 Å². The van der Waals surface area contributed by atoms with Crippen LogP contribution in [-0.4, -0.2) is 40.6 Å². The smallest absolute Gasteiger partial charge is 0.325 e. The van der Waals surface area contributed by atoms with Crippen LogP contribution in [0.5, 0.6) is 0 Å². The lowest BCUT2D eigenvalue weighted by Gasteiger charge is -2.20. The number of benzene rings is 1. The maximum atomic E-state index is 12.0. The van der Waals surface area contributed by atoms with Crippen molar-refractivity contribution >= 4 is 29.3 Å². The Balaban J connectivity index is 2.01. The van der Waals surface area contributed by atoms with Crippen molar-refractivity contribution in [3.63, 3.8) is 0 Å². The number of hydrogen-bond acceptors (Lipinski definition) is 3. The summed E-state index contributed by atoms with van der Waals surface area (Å²) in [6.07, 6.45) is 0.241. The molecule has 1 unspecified atom stereocenters. The summed E-state index contributed by atoms with van der Waals surface area (Å²) in [4.78, 5) is 24.3. The van der Waals surface area contributed by atoms with E-state index >= 15 is 0 Å². The summed E-state index contributed by atoms with van der Waals surface area (Å²) in [5, 5.41) is 12.2. The average Bonchev–Trinajstić information content (AvgIpc) is 2.73. The highest BCUT2D eigenvalue weighted by Gasteiger charge is 2.42. The van der Waals surface area contributed by atoms with Crippen molar-refractivity contribution in [1.29, 1.82) is 0 Å². The van der Waals surface area contributed by atoms with E-state index in [1.807, 2.05) is 0 Å². The molecule has 1 aromatic carbocycles. The maximum absolute atomic E-state index is 12.0. The second kappa shape index (κ2) is 5.07. The molecule has 1 heterocycles. The zero-order valence-electron chi connectivity index (χ0n) is 10.1. The van der Waals surface area contributed by atoms with Gasteiger partial charge in [-0.05, 0) is 24.6 Å². The second-order valence-corrected chi connectivity index (χ2v) is 5.01. The molecule has 4 N–H and O–H groups in total. The SMILES string of the molecule is NC1(C(=O)O)CCN(C(=O)Nc2cccc(Cl)c2)C1. The molecule has 1 aliphatic rings. The molecule has 2 amide bonds. The summed E-state index contributed by atoms with van der Waals surface area (Å²) < 4.78 is 0. The van der Waals surface area contributed by atoms with Gasteiger partial charge < -0.3 is 21.1 Å². The van der Waals surface area contributed by atoms with E-state index in [2.05, 4.69) is 5.32 Å². The third-order valence-electron chi connectivity index (χ3n) is 3.09. The van der Waals surface area contributed by atoms with Gasteiger partial charge in [0.25, 0.3) is 0 Å². The van der Waals surface area contributed by atoms with Crippen LogP contribution in [0.2, 0.25) is 5.02 Å². The van der Waals surface area contributed by atoms with Gasteiger partial charge in [-0.3, -0.25) is 4.79 Å². The molecule has 1 atom stereocenters. The van der Waals surface area contributed by atoms with Crippen LogP contribution in [0, 0.1) is 0 Å². The minimum atomic E-state index is -1.36. The van der Waals surface area contributed by atoms with Crippen molar-refractivity contribution in [2.24, 2.45) is 5.73 Å². The first-order valence-corrected chi connectivity index (χ1v) is 6.12. The third-order valence-corrected chi connectivity index (χ3v) is 3.32. The van der Waals surface area contributed by atoms with Gasteiger partial charge >= 0.3 is 12.0 Å². The predicted molar refractivity (Wildman–Crippen MR) is 71.2 cm³/mol. The largest absolute Gasteiger partial charge is 0.480 e. The molecule has 1 aliphatic heterocycles. The quantitative estimate of drug-likeness (QED) is 0.763. The standard InChI is InChI=1S/C12H14ClN3O3/c13-8-2-1-3-9(6-8)15-11(19)16-5-4-12(14,7-16)10(17)18/h1-3,6H,4-5,7,14H2,(H,15,19)(H,17,18). The van der Waals surface area contributed by atoms with E-state index in [0.29, 0.717) is 17.3 Å². The molecule has 0 spiro atoms. The number of anilines is 1. The van der Waals surface area contributed by atoms with Crippen molar-refractivity contribution in [3.05, 3.63) is 29.3 Å². The highest BCUT2D eigenvalue weighted by molar-refractivity contribution is 6.30. The fourth-order valence-corrected chi connectivity index (χ4v) is 2.14. The van der Waals surface area contributed by atoms with E-state index in [1.165, 1.54) is 4.90 Å². The molecule has 19 heavy (non-hydrogen) atoms. The summed E-state index contributed by atoms with van der Waals surface area (Å²) in [7, 11) is 0. The van der Waals surface area contributed by atoms with Crippen LogP contribution in [0.4, 0.5) is 10.5 Å². The van der Waals surface area contributed by atoms with Crippen molar-refractivity contribution in [2.45, 2.75) is 12.0 Å². The minimum absolute atomic E-state index is 0.00523. The second-order valence-electron chi connectivity index (χ2n) is 4.57. The van der Waals surface area contributed by atoms with Crippen LogP contribution < -0.4 is 11.1 Å². The Bertz CT molecular complexity index is 523. The van der Waals surface area contributed by atoms with Gasteiger partial charge in [0.1, 0.15) is 5.54 Å². The van der Waals surface area contributed by atoms with Gasteiger partial charge in [0.2, 0.25) is 0 Å². The van der Waals surface area contributed by atoms with Gasteiger partial charge in [-0.25, -0.2) is 4.79 Å². The number of nitrogens with one attached hydrogen (secondary N) is 1. The summed E-state index contributed by atoms with van der Waals surface area (Å²) in [6.45, 7) is 0.309. The number of amides is 2. The number of carboxylic acid groups (broad SMARTS) is 1. The van der Waals surface area contributed by atoms with Crippen LogP contribution in [0.15, 0.2) is 24.3 Å². The van der Waals surface area contributed by atoms with Crippen molar-refractivity contribution in [3.8, 4) is 0 Å². The van der Waals surface area contributed by atoms with Gasteiger partial charge in [-0.1, -0.05) is 17.7 Å². The Morgan fingerprint density at radius 2 is 2.21 bits per heavy atom. The van der Waals surface area contributed by atoms with Gasteiger partial charge in [-0.2, -0.15) is 0 Å². The molecular formula is C12H14ClN3O3. The van der Waals surface area contributed by atoms with Crippen molar-refractivity contribution in [2.75, 3.05) is 18.4 Å². The number of carbonyl (C=O) groups excluding carboxylic acids is 1. The molecular weight excluding hydrogens is 270 g/mol. The summed E-state index contributed by atoms with van der Waals surface area (Å²) in [5.41, 5.74) is 4.91. The monoisotopic (exact) mass is 283 g/mol. The number of carbonyl (C=O) groups is 2. The van der Waals surface area contributed by atoms with Gasteiger partial charge in [0.05, 0.1) is 6.54 Å². The molecule has 7 heteroatoms. The first kappa shape index (κ1) is 13.6. The molecule has 2 rings (SSSR count). The maximum Gasteiger partial charge on any atom is 0.325 e. The lowest BCUT2D eigenvalue weighted by Crippen LogP contribution is -2.51. The average molecular weight is 284 g/mol. The molecule has 102 valence electrons. The Hall–Kier alpha value is -1.79. The van der Waals surface area contributed by atoms with Crippen LogP contribution >= 0.6 is 11.6 Å². The zero-order chi connectivity index (χ0) is 14.0. The number of urea groups is 1. The normalized spacial score (nSPS) is 22.3. The molecule has 0 aromatic heterocycles. The van der Waals surface area contributed by atoms with E-state index in [1.54, 1.807) is 24.3 Å². The fourth-order valence-electron chi connectivity index (χ4n) is 1.95. The number of likely N-dealkylation sites (tertiary alicyclic amines) is 1. The van der Waals surface area contributed by atoms with Gasteiger partial charge in [0.15, 0.2) is 0 Å². The molecule has 1 aromatic rings. The molecule has 0 aliphatic carbocycles. The molecule has 0 saturated carbocycles. The lowest BCUT2D eigenvalue weighted by molar-refractivity contribution is -0.142. The lowest BCUT2D eigenvalue weighted by atomic mass is 10.0. The van der Waals surface area contributed by atoms with Crippen molar-refractivity contribution < 1.29 is 14.7 Å². The van der Waals surface area contributed by atoms with E-state index in [4.69, 9.17) is 22.4 Å². The first-order chi connectivity index (χ1) is 8.90. The van der Waals surface area contributed by atoms with Crippen LogP contribution in [0.3, 0.4) is 0 Å². The number of rotatable bonds is 2. The molecule has 6 nitrogen and oxygen atoms in total. The third kappa shape index (κ3) is 2.97. The number of carboxylic acids is 1. The Labute approximate surface area is 115 Å². The van der Waals surface area contributed by atoms with Crippen LogP contribution in [-0.2, 0) is 4.79 Å². The van der Waals surface area contributed by atoms with Crippen LogP contribution in [0.1, 0.15) is 6.42 Å². The van der Waals surface area contributed by atoms with E-state index in [9.17, 15) is 9.59 Å². The Morgan fingerprint density at radius 3 is 2.79 bits per heavy atom. The highest BCUT2D eigenvalue weighted by Crippen LogP contribution is 2.21. The fraction of sp³-hybridized carbons (Fsp3) is 0.333. The highest BCUT2D eigenvalue weighted by atomic mass is 35.5. The van der Waals surface area contributed by atoms with E-state index in [0.717, 1.165) is 0 Å². The van der Waals surface area contributed by atoms with Crippen molar-refractivity contribution in [1.82, 2.24) is 4.90 Å². The number of aliphatic carboxylic acids is 1. The van der Waals surface area contributed by atoms with Gasteiger partial charge in [0, 0.05) is 17.3 Å². The summed E-state index contributed by atoms with van der Waals surface area (Å²) in [5.74, 6) is -1.09. The van der Waals surface area contributed by atoms with Gasteiger partial charge in [-0.15, -0.1) is 0 Å². The summed E-state index contributed by atoms with van der Waals surface area (Å²) >= 11 is 5.81.